The molecule has 1 heterocycles. The molecule has 1 aliphatic heterocycles. The highest BCUT2D eigenvalue weighted by Gasteiger charge is 2.53. The summed E-state index contributed by atoms with van der Waals surface area (Å²) >= 11 is 0. The Balaban J connectivity index is 2.05. The van der Waals surface area contributed by atoms with E-state index in [1.165, 1.54) is 24.3 Å². The summed E-state index contributed by atoms with van der Waals surface area (Å²) in [6.45, 7) is 1.72. The van der Waals surface area contributed by atoms with E-state index in [1.54, 1.807) is 6.92 Å². The molecule has 3 atom stereocenters. The van der Waals surface area contributed by atoms with Crippen molar-refractivity contribution in [2.75, 3.05) is 6.61 Å². The van der Waals surface area contributed by atoms with Crippen LogP contribution < -0.4 is 10.9 Å². The van der Waals surface area contributed by atoms with E-state index in [0.29, 0.717) is 0 Å². The van der Waals surface area contributed by atoms with Crippen molar-refractivity contribution in [1.29, 1.82) is 0 Å². The molecule has 0 spiro atoms. The minimum Gasteiger partial charge on any atom is -0.507 e. The van der Waals surface area contributed by atoms with Crippen LogP contribution in [0.3, 0.4) is 0 Å². The van der Waals surface area contributed by atoms with Gasteiger partial charge in [-0.2, -0.15) is 0 Å². The predicted molar refractivity (Wildman–Crippen MR) is 101 cm³/mol. The lowest BCUT2D eigenvalue weighted by Crippen LogP contribution is -2.67. The quantitative estimate of drug-likeness (QED) is 0.205. The van der Waals surface area contributed by atoms with E-state index < -0.39 is 58.0 Å². The maximum absolute atomic E-state index is 11.9. The molecule has 0 aliphatic carbocycles. The van der Waals surface area contributed by atoms with Crippen LogP contribution >= 0.6 is 0 Å². The second kappa shape index (κ2) is 8.98. The molecule has 30 heavy (non-hydrogen) atoms. The number of phenolic OH excluding ortho intramolecular Hbond substituents is 1. The first kappa shape index (κ1) is 22.9. The van der Waals surface area contributed by atoms with Crippen LogP contribution in [0, 0.1) is 0 Å². The van der Waals surface area contributed by atoms with E-state index in [0.717, 1.165) is 11.8 Å². The van der Waals surface area contributed by atoms with Gasteiger partial charge < -0.3 is 19.8 Å². The van der Waals surface area contributed by atoms with E-state index in [4.69, 9.17) is 4.74 Å². The lowest BCUT2D eigenvalue weighted by atomic mass is 9.92. The van der Waals surface area contributed by atoms with Gasteiger partial charge in [0.05, 0.1) is 5.56 Å². The summed E-state index contributed by atoms with van der Waals surface area (Å²) in [5.74, 6) is -3.30. The van der Waals surface area contributed by atoms with Crippen LogP contribution in [0.25, 0.3) is 0 Å². The highest BCUT2D eigenvalue weighted by Crippen LogP contribution is 2.30. The number of rotatable bonds is 7. The largest absolute Gasteiger partial charge is 0.507 e. The SMILES string of the molecule is C[C@@H]1CC(=O)N1[C@@H](C(=O)O)[C@](C)(COC(=O)NNC(=O)c1ccccc1O)[SH](=O)=O. The van der Waals surface area contributed by atoms with Crippen molar-refractivity contribution in [3.63, 3.8) is 0 Å². The number of ether oxygens (including phenoxy) is 1. The monoisotopic (exact) mass is 443 g/mol. The number of aliphatic carboxylic acids is 1. The summed E-state index contributed by atoms with van der Waals surface area (Å²) in [5, 5.41) is 19.1. The van der Waals surface area contributed by atoms with Crippen molar-refractivity contribution in [2.24, 2.45) is 0 Å². The van der Waals surface area contributed by atoms with Crippen LogP contribution in [-0.2, 0) is 25.0 Å². The average molecular weight is 443 g/mol. The first-order valence-electron chi connectivity index (χ1n) is 8.68. The minimum atomic E-state index is -3.45. The Hall–Kier alpha value is -3.35. The predicted octanol–water partition coefficient (Wildman–Crippen LogP) is -0.793. The van der Waals surface area contributed by atoms with Crippen molar-refractivity contribution in [2.45, 2.75) is 37.1 Å². The third kappa shape index (κ3) is 4.62. The van der Waals surface area contributed by atoms with Crippen LogP contribution in [0.4, 0.5) is 4.79 Å². The summed E-state index contributed by atoms with van der Waals surface area (Å²) in [6, 6.07) is 3.26. The zero-order valence-corrected chi connectivity index (χ0v) is 16.9. The maximum Gasteiger partial charge on any atom is 0.426 e. The highest BCUT2D eigenvalue weighted by molar-refractivity contribution is 7.74. The van der Waals surface area contributed by atoms with Gasteiger partial charge in [0.1, 0.15) is 17.1 Å². The molecule has 0 saturated carbocycles. The third-order valence-electron chi connectivity index (χ3n) is 4.67. The number of hydrogen-bond donors (Lipinski definition) is 5. The number of benzene rings is 1. The molecule has 1 aromatic carbocycles. The number of hydrogen-bond acceptors (Lipinski definition) is 8. The number of carboxylic acids is 1. The summed E-state index contributed by atoms with van der Waals surface area (Å²) in [7, 11) is -3.45. The van der Waals surface area contributed by atoms with Gasteiger partial charge in [-0.1, -0.05) is 12.1 Å². The number of thiol groups is 1. The molecule has 0 radical (unpaired) electrons. The Kier molecular flexibility index (Phi) is 6.87. The van der Waals surface area contributed by atoms with Crippen molar-refractivity contribution in [3.8, 4) is 5.75 Å². The topological polar surface area (TPSA) is 179 Å². The number of carbonyl (C=O) groups excluding carboxylic acids is 3. The lowest BCUT2D eigenvalue weighted by molar-refractivity contribution is -0.163. The van der Waals surface area contributed by atoms with E-state index in [-0.39, 0.29) is 17.7 Å². The Morgan fingerprint density at radius 1 is 1.30 bits per heavy atom. The van der Waals surface area contributed by atoms with Crippen molar-refractivity contribution in [1.82, 2.24) is 15.8 Å². The number of carboxylic acid groups (broad SMARTS) is 1. The molecular formula is C17H21N3O9S. The average Bonchev–Trinajstić information content (AvgIpc) is 2.68. The first-order valence-corrected chi connectivity index (χ1v) is 9.86. The third-order valence-corrected chi connectivity index (χ3v) is 5.88. The van der Waals surface area contributed by atoms with Gasteiger partial charge in [-0.25, -0.2) is 23.4 Å². The van der Waals surface area contributed by atoms with Crippen LogP contribution in [0.2, 0.25) is 0 Å². The molecule has 0 bridgehead atoms. The van der Waals surface area contributed by atoms with E-state index in [1.807, 2.05) is 10.9 Å². The number of hydrazine groups is 1. The number of amides is 3. The fraction of sp³-hybridized carbons (Fsp3) is 0.412. The molecule has 12 nitrogen and oxygen atoms in total. The summed E-state index contributed by atoms with van der Waals surface area (Å²) in [4.78, 5) is 48.3. The van der Waals surface area contributed by atoms with Gasteiger partial charge in [0, 0.05) is 12.5 Å². The van der Waals surface area contributed by atoms with E-state index in [9.17, 15) is 37.8 Å². The molecule has 1 aliphatic rings. The molecule has 0 unspecified atom stereocenters. The fourth-order valence-corrected chi connectivity index (χ4v) is 3.60. The molecule has 0 aromatic heterocycles. The molecule has 1 fully saturated rings. The summed E-state index contributed by atoms with van der Waals surface area (Å²) in [5.41, 5.74) is 3.69. The lowest BCUT2D eigenvalue weighted by Gasteiger charge is -2.46. The summed E-state index contributed by atoms with van der Waals surface area (Å²) < 4.78 is 26.4. The van der Waals surface area contributed by atoms with Gasteiger partial charge in [-0.3, -0.25) is 15.0 Å². The number of β-lactam (4-membered cyclic amide) rings is 1. The Labute approximate surface area is 172 Å². The molecule has 13 heteroatoms. The number of nitrogens with one attached hydrogen (secondary N) is 2. The van der Waals surface area contributed by atoms with Crippen LogP contribution in [0.5, 0.6) is 5.75 Å². The van der Waals surface area contributed by atoms with Gasteiger partial charge in [0.2, 0.25) is 5.91 Å². The molecule has 2 rings (SSSR count). The maximum atomic E-state index is 11.9. The molecule has 1 aromatic rings. The Morgan fingerprint density at radius 3 is 2.43 bits per heavy atom. The molecular weight excluding hydrogens is 422 g/mol. The normalized spacial score (nSPS) is 18.7. The number of likely N-dealkylation sites (tertiary alicyclic amines) is 1. The van der Waals surface area contributed by atoms with Gasteiger partial charge in [0.15, 0.2) is 16.7 Å². The number of aromatic hydroxyl groups is 1. The first-order chi connectivity index (χ1) is 14.0. The molecule has 164 valence electrons. The van der Waals surface area contributed by atoms with E-state index in [2.05, 4.69) is 0 Å². The Bertz CT molecular complexity index is 940. The Morgan fingerprint density at radius 2 is 1.93 bits per heavy atom. The molecule has 3 amide bonds. The van der Waals surface area contributed by atoms with Gasteiger partial charge in [-0.05, 0) is 26.0 Å². The van der Waals surface area contributed by atoms with Crippen LogP contribution in [0.15, 0.2) is 24.3 Å². The zero-order valence-electron chi connectivity index (χ0n) is 16.0. The number of carbonyl (C=O) groups is 4. The van der Waals surface area contributed by atoms with Gasteiger partial charge >= 0.3 is 12.1 Å². The smallest absolute Gasteiger partial charge is 0.426 e. The zero-order chi connectivity index (χ0) is 22.6. The molecule has 4 N–H and O–H groups in total. The second-order valence-corrected chi connectivity index (χ2v) is 8.42. The number of nitrogens with zero attached hydrogens (tertiary/aromatic N) is 1. The number of para-hydroxylation sites is 1. The van der Waals surface area contributed by atoms with Gasteiger partial charge in [-0.15, -0.1) is 0 Å². The number of phenols is 1. The van der Waals surface area contributed by atoms with Gasteiger partial charge in [0.25, 0.3) is 5.91 Å². The van der Waals surface area contributed by atoms with Crippen molar-refractivity contribution >= 4 is 34.6 Å². The van der Waals surface area contributed by atoms with Crippen molar-refractivity contribution in [3.05, 3.63) is 29.8 Å². The summed E-state index contributed by atoms with van der Waals surface area (Å²) in [6.07, 6.45) is -1.19. The van der Waals surface area contributed by atoms with Crippen LogP contribution in [-0.4, -0.2) is 70.8 Å². The highest BCUT2D eigenvalue weighted by atomic mass is 32.2. The van der Waals surface area contributed by atoms with Crippen molar-refractivity contribution < 1.29 is 42.5 Å². The standard InChI is InChI=1S/C17H21N3O9S/c1-9-7-12(22)20(9)13(15(24)25)17(2,30(27)28)8-29-16(26)19-18-14(23)10-5-3-4-6-11(10)21/h3-6,9,13,21,30H,7-8H2,1-2H3,(H,18,23)(H,19,26)(H,24,25)/t9-,13+,17+/m1/s1. The van der Waals surface area contributed by atoms with E-state index >= 15 is 0 Å². The second-order valence-electron chi connectivity index (χ2n) is 6.88. The van der Waals surface area contributed by atoms with Crippen LogP contribution in [0.1, 0.15) is 30.6 Å². The fourth-order valence-electron chi connectivity index (χ4n) is 2.99. The minimum absolute atomic E-state index is 0.0786. The molecule has 1 saturated heterocycles.